The SMILES string of the molecule is CCOc1cccc2sc(N(Cc3cccnc3)C(=O)c3cc(C)no3)nc12. The first-order chi connectivity index (χ1) is 13.7. The third kappa shape index (κ3) is 3.59. The van der Waals surface area contributed by atoms with E-state index < -0.39 is 0 Å². The number of carbonyl (C=O) groups is 1. The minimum absolute atomic E-state index is 0.172. The molecule has 0 saturated carbocycles. The number of aromatic nitrogens is 3. The number of rotatable bonds is 6. The summed E-state index contributed by atoms with van der Waals surface area (Å²) in [4.78, 5) is 23.6. The Kier molecular flexibility index (Phi) is 5.03. The van der Waals surface area contributed by atoms with E-state index in [1.807, 2.05) is 37.3 Å². The number of hydrogen-bond acceptors (Lipinski definition) is 7. The van der Waals surface area contributed by atoms with Crippen molar-refractivity contribution in [3.63, 3.8) is 0 Å². The van der Waals surface area contributed by atoms with Crippen LogP contribution >= 0.6 is 11.3 Å². The molecule has 1 amide bonds. The van der Waals surface area contributed by atoms with Crippen molar-refractivity contribution in [2.45, 2.75) is 20.4 Å². The van der Waals surface area contributed by atoms with Crippen LogP contribution in [0.15, 0.2) is 53.3 Å². The second-order valence-electron chi connectivity index (χ2n) is 6.12. The third-order valence-corrected chi connectivity index (χ3v) is 5.09. The van der Waals surface area contributed by atoms with Crippen molar-refractivity contribution in [3.05, 3.63) is 65.8 Å². The molecule has 0 fully saturated rings. The van der Waals surface area contributed by atoms with E-state index in [0.717, 1.165) is 15.8 Å². The van der Waals surface area contributed by atoms with E-state index in [0.29, 0.717) is 29.7 Å². The zero-order valence-corrected chi connectivity index (χ0v) is 16.3. The van der Waals surface area contributed by atoms with E-state index in [9.17, 15) is 4.79 Å². The van der Waals surface area contributed by atoms with Crippen LogP contribution in [0.25, 0.3) is 10.2 Å². The number of pyridine rings is 1. The predicted octanol–water partition coefficient (Wildman–Crippen LogP) is 4.23. The number of nitrogens with zero attached hydrogens (tertiary/aromatic N) is 4. The zero-order chi connectivity index (χ0) is 19.5. The van der Waals surface area contributed by atoms with Gasteiger partial charge in [0.1, 0.15) is 11.3 Å². The average molecular weight is 394 g/mol. The lowest BCUT2D eigenvalue weighted by molar-refractivity contribution is 0.0949. The maximum atomic E-state index is 13.2. The van der Waals surface area contributed by atoms with Crippen LogP contribution in [0.2, 0.25) is 0 Å². The maximum absolute atomic E-state index is 13.2. The van der Waals surface area contributed by atoms with Gasteiger partial charge in [-0.3, -0.25) is 14.7 Å². The number of amides is 1. The van der Waals surface area contributed by atoms with Gasteiger partial charge in [-0.15, -0.1) is 0 Å². The summed E-state index contributed by atoms with van der Waals surface area (Å²) >= 11 is 1.43. The Hall–Kier alpha value is -3.26. The Morgan fingerprint density at radius 2 is 2.18 bits per heavy atom. The van der Waals surface area contributed by atoms with Gasteiger partial charge >= 0.3 is 0 Å². The maximum Gasteiger partial charge on any atom is 0.298 e. The molecule has 0 unspecified atom stereocenters. The van der Waals surface area contributed by atoms with Crippen molar-refractivity contribution in [1.82, 2.24) is 15.1 Å². The van der Waals surface area contributed by atoms with Crippen LogP contribution in [-0.4, -0.2) is 27.6 Å². The van der Waals surface area contributed by atoms with Gasteiger partial charge in [0.2, 0.25) is 5.76 Å². The van der Waals surface area contributed by atoms with Crippen LogP contribution in [0.1, 0.15) is 28.7 Å². The lowest BCUT2D eigenvalue weighted by Crippen LogP contribution is -2.30. The van der Waals surface area contributed by atoms with Gasteiger partial charge in [-0.05, 0) is 37.6 Å². The van der Waals surface area contributed by atoms with Crippen molar-refractivity contribution in [3.8, 4) is 5.75 Å². The van der Waals surface area contributed by atoms with E-state index in [2.05, 4.69) is 10.1 Å². The number of para-hydroxylation sites is 1. The minimum atomic E-state index is -0.304. The number of fused-ring (bicyclic) bond motifs is 1. The van der Waals surface area contributed by atoms with E-state index in [-0.39, 0.29) is 11.7 Å². The molecule has 0 atom stereocenters. The largest absolute Gasteiger partial charge is 0.492 e. The Balaban J connectivity index is 1.77. The summed E-state index contributed by atoms with van der Waals surface area (Å²) in [6.07, 6.45) is 3.42. The molecule has 4 aromatic rings. The number of aryl methyl sites for hydroxylation is 1. The molecular formula is C20H18N4O3S. The summed E-state index contributed by atoms with van der Waals surface area (Å²) < 4.78 is 11.8. The van der Waals surface area contributed by atoms with Crippen molar-refractivity contribution < 1.29 is 14.1 Å². The Morgan fingerprint density at radius 3 is 2.89 bits per heavy atom. The molecule has 0 aliphatic carbocycles. The van der Waals surface area contributed by atoms with Crippen LogP contribution in [-0.2, 0) is 6.54 Å². The van der Waals surface area contributed by atoms with Gasteiger partial charge in [0, 0.05) is 18.5 Å². The van der Waals surface area contributed by atoms with E-state index >= 15 is 0 Å². The van der Waals surface area contributed by atoms with Crippen LogP contribution in [0, 0.1) is 6.92 Å². The van der Waals surface area contributed by atoms with Gasteiger partial charge in [-0.1, -0.05) is 28.6 Å². The number of carbonyl (C=O) groups excluding carboxylic acids is 1. The van der Waals surface area contributed by atoms with Crippen molar-refractivity contribution in [2.75, 3.05) is 11.5 Å². The highest BCUT2D eigenvalue weighted by Crippen LogP contribution is 2.35. The van der Waals surface area contributed by atoms with Crippen molar-refractivity contribution >= 4 is 32.6 Å². The molecule has 0 saturated heterocycles. The highest BCUT2D eigenvalue weighted by Gasteiger charge is 2.25. The van der Waals surface area contributed by atoms with Gasteiger partial charge in [-0.25, -0.2) is 4.98 Å². The smallest absolute Gasteiger partial charge is 0.298 e. The lowest BCUT2D eigenvalue weighted by atomic mass is 10.2. The summed E-state index contributed by atoms with van der Waals surface area (Å²) in [5.74, 6) is 0.568. The van der Waals surface area contributed by atoms with Gasteiger partial charge in [0.05, 0.1) is 23.5 Å². The highest BCUT2D eigenvalue weighted by atomic mass is 32.1. The summed E-state index contributed by atoms with van der Waals surface area (Å²) in [6, 6.07) is 11.1. The average Bonchev–Trinajstić information content (AvgIpc) is 3.33. The van der Waals surface area contributed by atoms with E-state index in [1.54, 1.807) is 30.3 Å². The van der Waals surface area contributed by atoms with Crippen LogP contribution in [0.5, 0.6) is 5.75 Å². The number of anilines is 1. The zero-order valence-electron chi connectivity index (χ0n) is 15.5. The fraction of sp³-hybridized carbons (Fsp3) is 0.200. The summed E-state index contributed by atoms with van der Waals surface area (Å²) in [5, 5.41) is 4.39. The van der Waals surface area contributed by atoms with Gasteiger partial charge in [0.15, 0.2) is 5.13 Å². The molecule has 4 rings (SSSR count). The van der Waals surface area contributed by atoms with Gasteiger partial charge in [0.25, 0.3) is 5.91 Å². The molecule has 0 aliphatic rings. The molecule has 8 heteroatoms. The Bertz CT molecular complexity index is 1110. The van der Waals surface area contributed by atoms with Gasteiger partial charge in [-0.2, -0.15) is 0 Å². The number of hydrogen-bond donors (Lipinski definition) is 0. The Morgan fingerprint density at radius 1 is 1.29 bits per heavy atom. The molecule has 28 heavy (non-hydrogen) atoms. The molecule has 0 bridgehead atoms. The number of benzene rings is 1. The third-order valence-electron chi connectivity index (χ3n) is 4.05. The second kappa shape index (κ2) is 7.77. The molecule has 0 spiro atoms. The standard InChI is InChI=1S/C20H18N4O3S/c1-3-26-15-7-4-8-17-18(15)22-20(28-17)24(12-14-6-5-9-21-11-14)19(25)16-10-13(2)23-27-16/h4-11H,3,12H2,1-2H3. The molecule has 7 nitrogen and oxygen atoms in total. The van der Waals surface area contributed by atoms with Crippen molar-refractivity contribution in [2.24, 2.45) is 0 Å². The number of thiazole rings is 1. The summed E-state index contributed by atoms with van der Waals surface area (Å²) in [6.45, 7) is 4.56. The lowest BCUT2D eigenvalue weighted by Gasteiger charge is -2.18. The first-order valence-corrected chi connectivity index (χ1v) is 9.64. The van der Waals surface area contributed by atoms with E-state index in [1.165, 1.54) is 11.3 Å². The molecule has 0 aliphatic heterocycles. The number of ether oxygens (including phenoxy) is 1. The fourth-order valence-corrected chi connectivity index (χ4v) is 3.78. The van der Waals surface area contributed by atoms with Crippen LogP contribution in [0.4, 0.5) is 5.13 Å². The predicted molar refractivity (Wildman–Crippen MR) is 107 cm³/mol. The molecular weight excluding hydrogens is 376 g/mol. The van der Waals surface area contributed by atoms with E-state index in [4.69, 9.17) is 14.2 Å². The Labute approximate surface area is 165 Å². The normalized spacial score (nSPS) is 10.9. The summed E-state index contributed by atoms with van der Waals surface area (Å²) in [7, 11) is 0. The minimum Gasteiger partial charge on any atom is -0.492 e. The van der Waals surface area contributed by atoms with Crippen LogP contribution < -0.4 is 9.64 Å². The monoisotopic (exact) mass is 394 g/mol. The van der Waals surface area contributed by atoms with Crippen LogP contribution in [0.3, 0.4) is 0 Å². The molecule has 0 N–H and O–H groups in total. The molecule has 142 valence electrons. The van der Waals surface area contributed by atoms with Crippen molar-refractivity contribution in [1.29, 1.82) is 0 Å². The topological polar surface area (TPSA) is 81.4 Å². The quantitative estimate of drug-likeness (QED) is 0.487. The summed E-state index contributed by atoms with van der Waals surface area (Å²) in [5.41, 5.74) is 2.27. The molecule has 3 heterocycles. The second-order valence-corrected chi connectivity index (χ2v) is 7.13. The highest BCUT2D eigenvalue weighted by molar-refractivity contribution is 7.22. The fourth-order valence-electron chi connectivity index (χ4n) is 2.80. The first kappa shape index (κ1) is 18.1. The molecule has 1 aromatic carbocycles. The van der Waals surface area contributed by atoms with Gasteiger partial charge < -0.3 is 9.26 Å². The first-order valence-electron chi connectivity index (χ1n) is 8.82. The molecule has 0 radical (unpaired) electrons. The molecule has 3 aromatic heterocycles.